The number of benzene rings is 2. The second kappa shape index (κ2) is 6.09. The zero-order valence-electron chi connectivity index (χ0n) is 9.81. The molecule has 0 heterocycles. The Morgan fingerprint density at radius 3 is 2.61 bits per heavy atom. The normalized spacial score (nSPS) is 10.4. The van der Waals surface area contributed by atoms with Gasteiger partial charge in [-0.3, -0.25) is 0 Å². The van der Waals surface area contributed by atoms with Gasteiger partial charge in [-0.15, -0.1) is 0 Å². The molecule has 0 fully saturated rings. The summed E-state index contributed by atoms with van der Waals surface area (Å²) in [5.74, 6) is 0. The van der Waals surface area contributed by atoms with Crippen LogP contribution in [-0.4, -0.2) is 0 Å². The van der Waals surface area contributed by atoms with Gasteiger partial charge in [-0.25, -0.2) is 0 Å². The molecule has 0 aliphatic rings. The summed E-state index contributed by atoms with van der Waals surface area (Å²) in [7, 11) is 0. The SMILES string of the molecule is Cc1cc(Cl)ccc1CNc1cc(Br)ccc1Br. The highest BCUT2D eigenvalue weighted by Gasteiger charge is 2.03. The van der Waals surface area contributed by atoms with Crippen LogP contribution in [0.5, 0.6) is 0 Å². The van der Waals surface area contributed by atoms with Crippen LogP contribution in [0, 0.1) is 6.92 Å². The summed E-state index contributed by atoms with van der Waals surface area (Å²) < 4.78 is 2.11. The Labute approximate surface area is 129 Å². The van der Waals surface area contributed by atoms with E-state index in [-0.39, 0.29) is 0 Å². The molecule has 2 aromatic carbocycles. The molecular formula is C14H12Br2ClN. The van der Waals surface area contributed by atoms with Crippen LogP contribution in [0.3, 0.4) is 0 Å². The first kappa shape index (κ1) is 13.9. The van der Waals surface area contributed by atoms with Crippen molar-refractivity contribution in [1.82, 2.24) is 0 Å². The maximum Gasteiger partial charge on any atom is 0.0498 e. The number of nitrogens with one attached hydrogen (secondary N) is 1. The van der Waals surface area contributed by atoms with E-state index >= 15 is 0 Å². The van der Waals surface area contributed by atoms with Crippen LogP contribution < -0.4 is 5.32 Å². The highest BCUT2D eigenvalue weighted by Crippen LogP contribution is 2.27. The molecule has 0 saturated carbocycles. The molecule has 94 valence electrons. The van der Waals surface area contributed by atoms with Crippen molar-refractivity contribution in [3.05, 3.63) is 61.5 Å². The predicted octanol–water partition coefficient (Wildman–Crippen LogP) is 5.79. The first-order valence-corrected chi connectivity index (χ1v) is 7.46. The first-order valence-electron chi connectivity index (χ1n) is 5.50. The van der Waals surface area contributed by atoms with Gasteiger partial charge in [-0.05, 0) is 64.3 Å². The molecular weight excluding hydrogens is 377 g/mol. The van der Waals surface area contributed by atoms with E-state index < -0.39 is 0 Å². The summed E-state index contributed by atoms with van der Waals surface area (Å²) in [6, 6.07) is 12.0. The molecule has 1 N–H and O–H groups in total. The lowest BCUT2D eigenvalue weighted by Crippen LogP contribution is -2.01. The van der Waals surface area contributed by atoms with E-state index in [0.29, 0.717) is 0 Å². The lowest BCUT2D eigenvalue weighted by molar-refractivity contribution is 1.12. The highest BCUT2D eigenvalue weighted by atomic mass is 79.9. The maximum absolute atomic E-state index is 5.95. The van der Waals surface area contributed by atoms with Gasteiger partial charge in [0, 0.05) is 26.2 Å². The van der Waals surface area contributed by atoms with Gasteiger partial charge >= 0.3 is 0 Å². The second-order valence-electron chi connectivity index (χ2n) is 4.05. The molecule has 2 rings (SSSR count). The topological polar surface area (TPSA) is 12.0 Å². The minimum atomic E-state index is 0.776. The molecule has 0 aliphatic heterocycles. The van der Waals surface area contributed by atoms with Crippen LogP contribution in [0.2, 0.25) is 5.02 Å². The van der Waals surface area contributed by atoms with Crippen molar-refractivity contribution >= 4 is 49.1 Å². The Bertz CT molecular complexity index is 570. The number of halogens is 3. The molecule has 2 aromatic rings. The van der Waals surface area contributed by atoms with Crippen molar-refractivity contribution in [3.8, 4) is 0 Å². The Morgan fingerprint density at radius 1 is 1.11 bits per heavy atom. The minimum absolute atomic E-state index is 0.776. The van der Waals surface area contributed by atoms with Gasteiger partial charge in [-0.2, -0.15) is 0 Å². The fraction of sp³-hybridized carbons (Fsp3) is 0.143. The van der Waals surface area contributed by atoms with E-state index in [0.717, 1.165) is 26.2 Å². The van der Waals surface area contributed by atoms with Gasteiger partial charge in [0.2, 0.25) is 0 Å². The van der Waals surface area contributed by atoms with E-state index in [4.69, 9.17) is 11.6 Å². The Kier molecular flexibility index (Phi) is 4.71. The lowest BCUT2D eigenvalue weighted by Gasteiger charge is -2.11. The van der Waals surface area contributed by atoms with E-state index in [1.807, 2.05) is 24.3 Å². The predicted molar refractivity (Wildman–Crippen MR) is 85.4 cm³/mol. The van der Waals surface area contributed by atoms with Gasteiger partial charge in [0.25, 0.3) is 0 Å². The Morgan fingerprint density at radius 2 is 1.89 bits per heavy atom. The molecule has 18 heavy (non-hydrogen) atoms. The molecule has 0 atom stereocenters. The minimum Gasteiger partial charge on any atom is -0.380 e. The fourth-order valence-corrected chi connectivity index (χ4v) is 2.66. The van der Waals surface area contributed by atoms with Crippen molar-refractivity contribution in [3.63, 3.8) is 0 Å². The smallest absolute Gasteiger partial charge is 0.0498 e. The Balaban J connectivity index is 2.13. The van der Waals surface area contributed by atoms with Crippen LogP contribution in [0.1, 0.15) is 11.1 Å². The van der Waals surface area contributed by atoms with Gasteiger partial charge < -0.3 is 5.32 Å². The summed E-state index contributed by atoms with van der Waals surface area (Å²) in [5, 5.41) is 4.19. The van der Waals surface area contributed by atoms with E-state index in [9.17, 15) is 0 Å². The van der Waals surface area contributed by atoms with Crippen LogP contribution in [0.4, 0.5) is 5.69 Å². The molecule has 0 saturated heterocycles. The van der Waals surface area contributed by atoms with Gasteiger partial charge in [0.1, 0.15) is 0 Å². The summed E-state index contributed by atoms with van der Waals surface area (Å²) in [4.78, 5) is 0. The van der Waals surface area contributed by atoms with Crippen LogP contribution in [-0.2, 0) is 6.54 Å². The van der Waals surface area contributed by atoms with E-state index in [1.165, 1.54) is 11.1 Å². The maximum atomic E-state index is 5.95. The molecule has 0 bridgehead atoms. The summed E-state index contributed by atoms with van der Waals surface area (Å²) in [6.07, 6.45) is 0. The van der Waals surface area contributed by atoms with Gasteiger partial charge in [0.05, 0.1) is 0 Å². The summed E-state index contributed by atoms with van der Waals surface area (Å²) >= 11 is 12.9. The number of anilines is 1. The van der Waals surface area contributed by atoms with Crippen LogP contribution in [0.25, 0.3) is 0 Å². The van der Waals surface area contributed by atoms with Crippen molar-refractivity contribution in [2.75, 3.05) is 5.32 Å². The summed E-state index contributed by atoms with van der Waals surface area (Å²) in [6.45, 7) is 2.84. The monoisotopic (exact) mass is 387 g/mol. The fourth-order valence-electron chi connectivity index (χ4n) is 1.68. The van der Waals surface area contributed by atoms with Crippen molar-refractivity contribution in [1.29, 1.82) is 0 Å². The van der Waals surface area contributed by atoms with Crippen LogP contribution in [0.15, 0.2) is 45.3 Å². The molecule has 1 nitrogen and oxygen atoms in total. The van der Waals surface area contributed by atoms with Gasteiger partial charge in [-0.1, -0.05) is 33.6 Å². The number of hydrogen-bond donors (Lipinski definition) is 1. The number of aryl methyl sites for hydroxylation is 1. The van der Waals surface area contributed by atoms with E-state index in [2.05, 4.69) is 56.2 Å². The molecule has 0 amide bonds. The number of rotatable bonds is 3. The standard InChI is InChI=1S/C14H12Br2ClN/c1-9-6-12(17)4-2-10(9)8-18-14-7-11(15)3-5-13(14)16/h2-7,18H,8H2,1H3. The average Bonchev–Trinajstić information content (AvgIpc) is 2.32. The van der Waals surface area contributed by atoms with Crippen LogP contribution >= 0.6 is 43.5 Å². The quantitative estimate of drug-likeness (QED) is 0.701. The molecule has 0 aliphatic carbocycles. The van der Waals surface area contributed by atoms with E-state index in [1.54, 1.807) is 0 Å². The molecule has 4 heteroatoms. The summed E-state index contributed by atoms with van der Waals surface area (Å²) in [5.41, 5.74) is 3.51. The van der Waals surface area contributed by atoms with Crippen molar-refractivity contribution in [2.45, 2.75) is 13.5 Å². The van der Waals surface area contributed by atoms with Crippen molar-refractivity contribution < 1.29 is 0 Å². The molecule has 0 unspecified atom stereocenters. The largest absolute Gasteiger partial charge is 0.380 e. The Hall–Kier alpha value is -0.510. The van der Waals surface area contributed by atoms with Crippen molar-refractivity contribution in [2.24, 2.45) is 0 Å². The number of hydrogen-bond acceptors (Lipinski definition) is 1. The third-order valence-electron chi connectivity index (χ3n) is 2.70. The van der Waals surface area contributed by atoms with Gasteiger partial charge in [0.15, 0.2) is 0 Å². The third kappa shape index (κ3) is 3.50. The lowest BCUT2D eigenvalue weighted by atomic mass is 10.1. The zero-order valence-corrected chi connectivity index (χ0v) is 13.7. The zero-order chi connectivity index (χ0) is 13.1. The highest BCUT2D eigenvalue weighted by molar-refractivity contribution is 9.11. The second-order valence-corrected chi connectivity index (χ2v) is 6.25. The molecule has 0 aromatic heterocycles. The third-order valence-corrected chi connectivity index (χ3v) is 4.12. The average molecular weight is 390 g/mol. The molecule has 0 spiro atoms. The molecule has 0 radical (unpaired) electrons. The first-order chi connectivity index (χ1) is 8.56.